The molecule has 0 aliphatic carbocycles. The van der Waals surface area contributed by atoms with Crippen LogP contribution in [0.25, 0.3) is 21.6 Å². The topological polar surface area (TPSA) is 37.8 Å². The van der Waals surface area contributed by atoms with E-state index < -0.39 is 0 Å². The molecule has 0 unspecified atom stereocenters. The van der Waals surface area contributed by atoms with Crippen molar-refractivity contribution in [2.24, 2.45) is 0 Å². The Kier molecular flexibility index (Phi) is 3.36. The van der Waals surface area contributed by atoms with E-state index in [4.69, 9.17) is 0 Å². The number of benzene rings is 1. The molecule has 20 heavy (non-hydrogen) atoms. The smallest absolute Gasteiger partial charge is 0.163 e. The predicted molar refractivity (Wildman–Crippen MR) is 81.7 cm³/mol. The lowest BCUT2D eigenvalue weighted by molar-refractivity contribution is 0.627. The van der Waals surface area contributed by atoms with Gasteiger partial charge in [-0.15, -0.1) is 11.3 Å². The zero-order valence-corrected chi connectivity index (χ0v) is 12.1. The van der Waals surface area contributed by atoms with E-state index in [1.54, 1.807) is 11.3 Å². The van der Waals surface area contributed by atoms with Crippen LogP contribution in [0.4, 0.5) is 10.2 Å². The number of aromatic nitrogens is 2. The normalized spacial score (nSPS) is 10.9. The fourth-order valence-electron chi connectivity index (χ4n) is 2.15. The first kappa shape index (κ1) is 13.0. The zero-order valence-electron chi connectivity index (χ0n) is 11.3. The first-order valence-corrected chi connectivity index (χ1v) is 7.32. The van der Waals surface area contributed by atoms with Gasteiger partial charge in [0, 0.05) is 12.1 Å². The Hall–Kier alpha value is -2.01. The Balaban J connectivity index is 2.20. The van der Waals surface area contributed by atoms with Crippen LogP contribution in [-0.4, -0.2) is 16.5 Å². The van der Waals surface area contributed by atoms with Crippen molar-refractivity contribution in [1.29, 1.82) is 0 Å². The fraction of sp³-hybridized carbons (Fsp3) is 0.200. The van der Waals surface area contributed by atoms with Crippen LogP contribution in [0.1, 0.15) is 12.5 Å². The largest absolute Gasteiger partial charge is 0.370 e. The highest BCUT2D eigenvalue weighted by Crippen LogP contribution is 2.29. The highest BCUT2D eigenvalue weighted by molar-refractivity contribution is 7.16. The van der Waals surface area contributed by atoms with Crippen molar-refractivity contribution in [1.82, 2.24) is 9.97 Å². The van der Waals surface area contributed by atoms with Crippen molar-refractivity contribution in [3.63, 3.8) is 0 Å². The molecule has 5 heteroatoms. The van der Waals surface area contributed by atoms with E-state index in [-0.39, 0.29) is 5.82 Å². The number of fused-ring (bicyclic) bond motifs is 1. The molecule has 0 saturated carbocycles. The van der Waals surface area contributed by atoms with Gasteiger partial charge < -0.3 is 5.32 Å². The maximum atomic E-state index is 13.5. The van der Waals surface area contributed by atoms with Gasteiger partial charge in [0.15, 0.2) is 5.82 Å². The van der Waals surface area contributed by atoms with Crippen molar-refractivity contribution >= 4 is 27.4 Å². The summed E-state index contributed by atoms with van der Waals surface area (Å²) in [4.78, 5) is 9.97. The van der Waals surface area contributed by atoms with E-state index in [1.807, 2.05) is 31.4 Å². The van der Waals surface area contributed by atoms with Gasteiger partial charge in [-0.2, -0.15) is 0 Å². The molecule has 102 valence electrons. The van der Waals surface area contributed by atoms with E-state index in [0.717, 1.165) is 28.1 Å². The Morgan fingerprint density at radius 1 is 1.25 bits per heavy atom. The van der Waals surface area contributed by atoms with E-state index in [9.17, 15) is 4.39 Å². The van der Waals surface area contributed by atoms with Gasteiger partial charge in [0.05, 0.1) is 5.39 Å². The van der Waals surface area contributed by atoms with Crippen molar-refractivity contribution in [3.05, 3.63) is 41.0 Å². The number of hydrogen-bond donors (Lipinski definition) is 1. The zero-order chi connectivity index (χ0) is 14.1. The molecule has 0 saturated heterocycles. The lowest BCUT2D eigenvalue weighted by Crippen LogP contribution is -2.02. The third kappa shape index (κ3) is 2.36. The fourth-order valence-corrected chi connectivity index (χ4v) is 2.92. The third-order valence-corrected chi connectivity index (χ3v) is 3.78. The van der Waals surface area contributed by atoms with Gasteiger partial charge in [0.25, 0.3) is 0 Å². The minimum Gasteiger partial charge on any atom is -0.370 e. The first-order chi connectivity index (χ1) is 9.67. The Morgan fingerprint density at radius 2 is 2.10 bits per heavy atom. The van der Waals surface area contributed by atoms with Gasteiger partial charge in [-0.1, -0.05) is 0 Å². The molecule has 1 aromatic carbocycles. The molecule has 2 aromatic heterocycles. The van der Waals surface area contributed by atoms with Crippen molar-refractivity contribution in [2.75, 3.05) is 11.9 Å². The van der Waals surface area contributed by atoms with E-state index in [1.165, 1.54) is 12.1 Å². The average Bonchev–Trinajstić information content (AvgIpc) is 2.86. The van der Waals surface area contributed by atoms with Crippen molar-refractivity contribution in [2.45, 2.75) is 13.8 Å². The quantitative estimate of drug-likeness (QED) is 0.783. The van der Waals surface area contributed by atoms with Gasteiger partial charge in [-0.25, -0.2) is 14.4 Å². The summed E-state index contributed by atoms with van der Waals surface area (Å²) in [5, 5.41) is 6.23. The molecule has 0 spiro atoms. The number of anilines is 1. The van der Waals surface area contributed by atoms with Crippen molar-refractivity contribution in [3.8, 4) is 11.4 Å². The van der Waals surface area contributed by atoms with Gasteiger partial charge in [0.2, 0.25) is 0 Å². The molecular formula is C15H14FN3S. The number of thiophene rings is 1. The summed E-state index contributed by atoms with van der Waals surface area (Å²) in [5.74, 6) is 1.09. The second-order valence-corrected chi connectivity index (χ2v) is 5.48. The number of halogens is 1. The minimum atomic E-state index is -0.264. The summed E-state index contributed by atoms with van der Waals surface area (Å²) in [7, 11) is 0. The second-order valence-electron chi connectivity index (χ2n) is 4.58. The van der Waals surface area contributed by atoms with Gasteiger partial charge in [-0.05, 0) is 49.1 Å². The van der Waals surface area contributed by atoms with Crippen LogP contribution in [0.3, 0.4) is 0 Å². The molecule has 2 heterocycles. The van der Waals surface area contributed by atoms with Crippen LogP contribution in [0.15, 0.2) is 29.6 Å². The standard InChI is InChI=1S/C15H14FN3S/c1-3-17-14-12-4-5-20-15(12)19-13(18-14)10-6-9(2)7-11(16)8-10/h4-8H,3H2,1-2H3,(H,17,18,19). The van der Waals surface area contributed by atoms with Crippen LogP contribution in [0, 0.1) is 12.7 Å². The highest BCUT2D eigenvalue weighted by atomic mass is 32.1. The average molecular weight is 287 g/mol. The molecule has 0 aliphatic heterocycles. The maximum Gasteiger partial charge on any atom is 0.163 e. The minimum absolute atomic E-state index is 0.264. The number of nitrogens with one attached hydrogen (secondary N) is 1. The molecule has 0 fully saturated rings. The molecule has 0 aliphatic rings. The molecule has 0 amide bonds. The number of aryl methyl sites for hydroxylation is 1. The molecule has 0 atom stereocenters. The van der Waals surface area contributed by atoms with Crippen LogP contribution in [0.2, 0.25) is 0 Å². The lowest BCUT2D eigenvalue weighted by atomic mass is 10.1. The summed E-state index contributed by atoms with van der Waals surface area (Å²) in [6.45, 7) is 4.66. The maximum absolute atomic E-state index is 13.5. The lowest BCUT2D eigenvalue weighted by Gasteiger charge is -2.08. The summed E-state index contributed by atoms with van der Waals surface area (Å²) < 4.78 is 13.5. The Morgan fingerprint density at radius 3 is 2.85 bits per heavy atom. The SMILES string of the molecule is CCNc1nc(-c2cc(C)cc(F)c2)nc2sccc12. The monoisotopic (exact) mass is 287 g/mol. The Labute approximate surface area is 120 Å². The van der Waals surface area contributed by atoms with Gasteiger partial charge >= 0.3 is 0 Å². The van der Waals surface area contributed by atoms with Gasteiger partial charge in [-0.3, -0.25) is 0 Å². The molecular weight excluding hydrogens is 273 g/mol. The van der Waals surface area contributed by atoms with E-state index in [0.29, 0.717) is 11.4 Å². The summed E-state index contributed by atoms with van der Waals surface area (Å²) in [6, 6.07) is 6.86. The Bertz CT molecular complexity index is 747. The number of nitrogens with zero attached hydrogens (tertiary/aromatic N) is 2. The van der Waals surface area contributed by atoms with Crippen LogP contribution < -0.4 is 5.32 Å². The van der Waals surface area contributed by atoms with E-state index >= 15 is 0 Å². The number of rotatable bonds is 3. The van der Waals surface area contributed by atoms with E-state index in [2.05, 4.69) is 15.3 Å². The second kappa shape index (κ2) is 5.17. The van der Waals surface area contributed by atoms with Gasteiger partial charge in [0.1, 0.15) is 16.5 Å². The summed E-state index contributed by atoms with van der Waals surface area (Å²) in [6.07, 6.45) is 0. The van der Waals surface area contributed by atoms with Crippen LogP contribution in [-0.2, 0) is 0 Å². The predicted octanol–water partition coefficient (Wildman–Crippen LogP) is 4.24. The number of hydrogen-bond acceptors (Lipinski definition) is 4. The molecule has 3 nitrogen and oxygen atoms in total. The third-order valence-electron chi connectivity index (χ3n) is 2.97. The van der Waals surface area contributed by atoms with Crippen molar-refractivity contribution < 1.29 is 4.39 Å². The summed E-state index contributed by atoms with van der Waals surface area (Å²) >= 11 is 1.56. The first-order valence-electron chi connectivity index (χ1n) is 6.44. The van der Waals surface area contributed by atoms with Crippen LogP contribution in [0.5, 0.6) is 0 Å². The summed E-state index contributed by atoms with van der Waals surface area (Å²) in [5.41, 5.74) is 1.57. The molecule has 3 rings (SSSR count). The molecule has 0 bridgehead atoms. The molecule has 3 aromatic rings. The molecule has 0 radical (unpaired) electrons. The highest BCUT2D eigenvalue weighted by Gasteiger charge is 2.11. The van der Waals surface area contributed by atoms with Crippen LogP contribution >= 0.6 is 11.3 Å². The molecule has 1 N–H and O–H groups in total.